The fraction of sp³-hybridized carbons (Fsp3) is 0.235. The van der Waals surface area contributed by atoms with Crippen LogP contribution in [0.3, 0.4) is 0 Å². The lowest BCUT2D eigenvalue weighted by Crippen LogP contribution is -2.36. The van der Waals surface area contributed by atoms with Crippen molar-refractivity contribution in [1.29, 1.82) is 5.26 Å². The number of hydrogen-bond acceptors (Lipinski definition) is 2. The fourth-order valence-corrected chi connectivity index (χ4v) is 2.92. The van der Waals surface area contributed by atoms with Crippen LogP contribution in [0, 0.1) is 22.6 Å². The van der Waals surface area contributed by atoms with Crippen molar-refractivity contribution in [2.45, 2.75) is 12.8 Å². The topological polar surface area (TPSA) is 33.0 Å². The summed E-state index contributed by atoms with van der Waals surface area (Å²) in [5.74, 6) is 0.416. The van der Waals surface area contributed by atoms with Crippen LogP contribution in [0.4, 0.5) is 4.39 Å². The molecule has 0 radical (unpaired) electrons. The summed E-state index contributed by atoms with van der Waals surface area (Å²) in [5, 5.41) is 9.97. The van der Waals surface area contributed by atoms with Crippen LogP contribution in [0.25, 0.3) is 0 Å². The predicted octanol–water partition coefficient (Wildman–Crippen LogP) is 4.17. The Kier molecular flexibility index (Phi) is 3.57. The number of benzene rings is 2. The minimum absolute atomic E-state index is 0.239. The summed E-state index contributed by atoms with van der Waals surface area (Å²) in [6.45, 7) is 0.241. The summed E-state index contributed by atoms with van der Waals surface area (Å²) in [6.07, 6.45) is 0.772. The first-order valence-corrected chi connectivity index (χ1v) is 7.06. The molecule has 1 heterocycles. The second kappa shape index (κ2) is 5.38. The molecule has 2 aromatic rings. The maximum Gasteiger partial charge on any atom is 0.127 e. The number of para-hydroxylation sites is 1. The van der Waals surface area contributed by atoms with Crippen LogP contribution in [-0.2, 0) is 12.8 Å². The van der Waals surface area contributed by atoms with E-state index in [4.69, 9.17) is 16.3 Å². The van der Waals surface area contributed by atoms with Gasteiger partial charge in [0.05, 0.1) is 11.5 Å². The monoisotopic (exact) mass is 301 g/mol. The number of nitriles is 1. The molecule has 0 spiro atoms. The molecule has 1 aliphatic heterocycles. The van der Waals surface area contributed by atoms with Gasteiger partial charge in [0.1, 0.15) is 18.2 Å². The normalized spacial score (nSPS) is 20.2. The largest absolute Gasteiger partial charge is 0.492 e. The van der Waals surface area contributed by atoms with Crippen LogP contribution < -0.4 is 4.74 Å². The summed E-state index contributed by atoms with van der Waals surface area (Å²) in [6, 6.07) is 14.5. The quantitative estimate of drug-likeness (QED) is 0.834. The molecule has 2 aromatic carbocycles. The van der Waals surface area contributed by atoms with Crippen molar-refractivity contribution in [3.63, 3.8) is 0 Å². The number of rotatable bonds is 2. The van der Waals surface area contributed by atoms with Crippen molar-refractivity contribution < 1.29 is 9.13 Å². The third-order valence-corrected chi connectivity index (χ3v) is 4.17. The van der Waals surface area contributed by atoms with Gasteiger partial charge in [-0.3, -0.25) is 0 Å². The molecule has 1 unspecified atom stereocenters. The minimum Gasteiger partial charge on any atom is -0.492 e. The van der Waals surface area contributed by atoms with Crippen molar-refractivity contribution in [3.8, 4) is 11.8 Å². The molecule has 0 saturated carbocycles. The Bertz CT molecular complexity index is 705. The molecule has 21 heavy (non-hydrogen) atoms. The maximum absolute atomic E-state index is 14.0. The molecule has 2 nitrogen and oxygen atoms in total. The van der Waals surface area contributed by atoms with Gasteiger partial charge in [-0.25, -0.2) is 4.39 Å². The highest BCUT2D eigenvalue weighted by Gasteiger charge is 2.37. The molecule has 3 rings (SSSR count). The van der Waals surface area contributed by atoms with Crippen LogP contribution in [0.5, 0.6) is 5.75 Å². The van der Waals surface area contributed by atoms with Crippen molar-refractivity contribution in [1.82, 2.24) is 0 Å². The molecule has 1 atom stereocenters. The van der Waals surface area contributed by atoms with Crippen molar-refractivity contribution in [2.75, 3.05) is 6.61 Å². The zero-order chi connectivity index (χ0) is 14.9. The van der Waals surface area contributed by atoms with Gasteiger partial charge in [-0.15, -0.1) is 0 Å². The molecule has 0 bridgehead atoms. The van der Waals surface area contributed by atoms with Gasteiger partial charge in [0, 0.05) is 10.6 Å². The van der Waals surface area contributed by atoms with E-state index in [1.807, 2.05) is 24.3 Å². The molecule has 1 aliphatic rings. The fourth-order valence-electron chi connectivity index (χ4n) is 2.69. The average Bonchev–Trinajstić information content (AvgIpc) is 2.51. The zero-order valence-electron chi connectivity index (χ0n) is 11.3. The third-order valence-electron chi connectivity index (χ3n) is 3.82. The van der Waals surface area contributed by atoms with E-state index in [1.54, 1.807) is 12.1 Å². The van der Waals surface area contributed by atoms with E-state index < -0.39 is 5.41 Å². The van der Waals surface area contributed by atoms with Gasteiger partial charge >= 0.3 is 0 Å². The van der Waals surface area contributed by atoms with Crippen LogP contribution in [0.2, 0.25) is 5.02 Å². The Morgan fingerprint density at radius 1 is 1.24 bits per heavy atom. The lowest BCUT2D eigenvalue weighted by atomic mass is 9.77. The lowest BCUT2D eigenvalue weighted by molar-refractivity contribution is 0.168. The lowest BCUT2D eigenvalue weighted by Gasteiger charge is -2.32. The molecule has 0 amide bonds. The molecular formula is C17H13ClFNO. The summed E-state index contributed by atoms with van der Waals surface area (Å²) < 4.78 is 19.7. The molecule has 4 heteroatoms. The van der Waals surface area contributed by atoms with Crippen molar-refractivity contribution in [3.05, 3.63) is 64.4 Å². The van der Waals surface area contributed by atoms with Gasteiger partial charge in [-0.1, -0.05) is 35.9 Å². The SMILES string of the molecule is N#CC1(Cc2c(F)cccc2Cl)COc2ccccc2C1. The molecule has 0 saturated heterocycles. The van der Waals surface area contributed by atoms with E-state index >= 15 is 0 Å². The number of ether oxygens (including phenoxy) is 1. The van der Waals surface area contributed by atoms with Crippen molar-refractivity contribution in [2.24, 2.45) is 5.41 Å². The van der Waals surface area contributed by atoms with E-state index in [2.05, 4.69) is 6.07 Å². The average molecular weight is 302 g/mol. The Morgan fingerprint density at radius 3 is 2.81 bits per heavy atom. The first-order chi connectivity index (χ1) is 10.1. The van der Waals surface area contributed by atoms with Crippen LogP contribution in [0.1, 0.15) is 11.1 Å². The standard InChI is InChI=1S/C17H13ClFNO/c18-14-5-3-6-15(19)13(14)9-17(10-20)8-12-4-1-2-7-16(12)21-11-17/h1-7H,8-9,11H2. The molecule has 0 aromatic heterocycles. The number of hydrogen-bond donors (Lipinski definition) is 0. The van der Waals surface area contributed by atoms with E-state index in [0.29, 0.717) is 17.0 Å². The van der Waals surface area contributed by atoms with Gasteiger partial charge in [0.2, 0.25) is 0 Å². The molecule has 0 N–H and O–H groups in total. The molecular weight excluding hydrogens is 289 g/mol. The van der Waals surface area contributed by atoms with Crippen LogP contribution in [0.15, 0.2) is 42.5 Å². The van der Waals surface area contributed by atoms with E-state index in [-0.39, 0.29) is 18.8 Å². The van der Waals surface area contributed by atoms with Gasteiger partial charge in [0.25, 0.3) is 0 Å². The Balaban J connectivity index is 1.95. The summed E-state index contributed by atoms with van der Waals surface area (Å²) in [5.41, 5.74) is 0.557. The van der Waals surface area contributed by atoms with Crippen LogP contribution in [-0.4, -0.2) is 6.61 Å². The Morgan fingerprint density at radius 2 is 2.05 bits per heavy atom. The maximum atomic E-state index is 14.0. The van der Waals surface area contributed by atoms with E-state index in [9.17, 15) is 9.65 Å². The summed E-state index contributed by atoms with van der Waals surface area (Å²) >= 11 is 6.08. The Labute approximate surface area is 127 Å². The highest BCUT2D eigenvalue weighted by molar-refractivity contribution is 6.31. The van der Waals surface area contributed by atoms with Gasteiger partial charge in [0.15, 0.2) is 0 Å². The first kappa shape index (κ1) is 13.9. The van der Waals surface area contributed by atoms with Crippen molar-refractivity contribution >= 4 is 11.6 Å². The van der Waals surface area contributed by atoms with E-state index in [1.165, 1.54) is 6.07 Å². The highest BCUT2D eigenvalue weighted by Crippen LogP contribution is 2.38. The molecule has 0 fully saturated rings. The summed E-state index contributed by atoms with van der Waals surface area (Å²) in [7, 11) is 0. The number of halogens is 2. The first-order valence-electron chi connectivity index (χ1n) is 6.68. The van der Waals surface area contributed by atoms with Gasteiger partial charge in [-0.05, 0) is 36.6 Å². The van der Waals surface area contributed by atoms with Crippen LogP contribution >= 0.6 is 11.6 Å². The smallest absolute Gasteiger partial charge is 0.127 e. The second-order valence-corrected chi connectivity index (χ2v) is 5.75. The zero-order valence-corrected chi connectivity index (χ0v) is 12.0. The number of fused-ring (bicyclic) bond motifs is 1. The predicted molar refractivity (Wildman–Crippen MR) is 78.8 cm³/mol. The molecule has 0 aliphatic carbocycles. The highest BCUT2D eigenvalue weighted by atomic mass is 35.5. The second-order valence-electron chi connectivity index (χ2n) is 5.34. The van der Waals surface area contributed by atoms with E-state index in [0.717, 1.165) is 11.3 Å². The minimum atomic E-state index is -0.791. The van der Waals surface area contributed by atoms with Gasteiger partial charge < -0.3 is 4.74 Å². The number of nitrogens with zero attached hydrogens (tertiary/aromatic N) is 1. The summed E-state index contributed by atoms with van der Waals surface area (Å²) in [4.78, 5) is 0. The third kappa shape index (κ3) is 2.59. The Hall–Kier alpha value is -2.05. The van der Waals surface area contributed by atoms with Gasteiger partial charge in [-0.2, -0.15) is 5.26 Å². The molecule has 106 valence electrons.